The van der Waals surface area contributed by atoms with E-state index in [1.807, 2.05) is 0 Å². The molecule has 0 aliphatic rings. The summed E-state index contributed by atoms with van der Waals surface area (Å²) in [7, 11) is 0. The highest BCUT2D eigenvalue weighted by Crippen LogP contribution is 2.22. The van der Waals surface area contributed by atoms with Crippen LogP contribution >= 0.6 is 11.3 Å². The van der Waals surface area contributed by atoms with Crippen LogP contribution in [-0.4, -0.2) is 10.1 Å². The summed E-state index contributed by atoms with van der Waals surface area (Å²) in [5.74, 6) is 0. The van der Waals surface area contributed by atoms with Crippen LogP contribution in [-0.2, 0) is 6.61 Å². The number of alkyl halides is 2. The van der Waals surface area contributed by atoms with E-state index >= 15 is 0 Å². The maximum atomic E-state index is 11.8. The Hall–Kier alpha value is -0.550. The minimum absolute atomic E-state index is 0.232. The molecule has 0 fully saturated rings. The minimum Gasteiger partial charge on any atom is -0.390 e. The van der Waals surface area contributed by atoms with Crippen LogP contribution < -0.4 is 0 Å². The maximum absolute atomic E-state index is 11.8. The summed E-state index contributed by atoms with van der Waals surface area (Å²) >= 11 is 0.861. The summed E-state index contributed by atoms with van der Waals surface area (Å²) in [4.78, 5) is 3.45. The van der Waals surface area contributed by atoms with Crippen molar-refractivity contribution < 1.29 is 13.9 Å². The van der Waals surface area contributed by atoms with Crippen LogP contribution in [0.5, 0.6) is 0 Å². The Morgan fingerprint density at radius 1 is 1.70 bits per heavy atom. The van der Waals surface area contributed by atoms with Gasteiger partial charge in [0.25, 0.3) is 6.43 Å². The van der Waals surface area contributed by atoms with Crippen LogP contribution in [0, 0.1) is 0 Å². The number of thiazole rings is 1. The predicted octanol–water partition coefficient (Wildman–Crippen LogP) is 1.57. The zero-order valence-electron chi connectivity index (χ0n) is 4.92. The summed E-state index contributed by atoms with van der Waals surface area (Å²) in [5, 5.41) is 9.62. The molecule has 0 aliphatic carbocycles. The summed E-state index contributed by atoms with van der Waals surface area (Å²) in [5.41, 5.74) is 0.306. The van der Waals surface area contributed by atoms with E-state index in [9.17, 15) is 8.78 Å². The molecule has 0 saturated carbocycles. The van der Waals surface area contributed by atoms with E-state index in [4.69, 9.17) is 5.11 Å². The largest absolute Gasteiger partial charge is 0.390 e. The standard InChI is InChI=1S/C5H5F2NOS/c6-4(7)5-8-3(1-9)2-10-5/h2,4,9H,1H2. The number of hydrogen-bond acceptors (Lipinski definition) is 3. The molecular formula is C5H5F2NOS. The van der Waals surface area contributed by atoms with Crippen molar-refractivity contribution in [2.24, 2.45) is 0 Å². The summed E-state index contributed by atoms with van der Waals surface area (Å²) in [6.07, 6.45) is -2.52. The molecule has 5 heteroatoms. The van der Waals surface area contributed by atoms with Gasteiger partial charge in [-0.25, -0.2) is 13.8 Å². The molecule has 0 spiro atoms. The first-order valence-electron chi connectivity index (χ1n) is 2.57. The second kappa shape index (κ2) is 3.03. The first-order valence-corrected chi connectivity index (χ1v) is 3.45. The first kappa shape index (κ1) is 7.56. The molecule has 1 heterocycles. The molecule has 56 valence electrons. The summed E-state index contributed by atoms with van der Waals surface area (Å²) < 4.78 is 23.6. The molecule has 0 saturated heterocycles. The second-order valence-corrected chi connectivity index (χ2v) is 2.53. The smallest absolute Gasteiger partial charge is 0.289 e. The average Bonchev–Trinajstić information content (AvgIpc) is 2.34. The molecule has 0 radical (unpaired) electrons. The third kappa shape index (κ3) is 1.48. The highest BCUT2D eigenvalue weighted by atomic mass is 32.1. The van der Waals surface area contributed by atoms with Crippen LogP contribution in [0.1, 0.15) is 17.1 Å². The van der Waals surface area contributed by atoms with Gasteiger partial charge in [-0.1, -0.05) is 0 Å². The number of aliphatic hydroxyl groups is 1. The molecule has 0 unspecified atom stereocenters. The lowest BCUT2D eigenvalue weighted by Crippen LogP contribution is -1.85. The van der Waals surface area contributed by atoms with Gasteiger partial charge in [0.2, 0.25) is 0 Å². The number of hydrogen-bond donors (Lipinski definition) is 1. The van der Waals surface area contributed by atoms with E-state index in [0.717, 1.165) is 11.3 Å². The van der Waals surface area contributed by atoms with E-state index in [2.05, 4.69) is 4.98 Å². The van der Waals surface area contributed by atoms with Gasteiger partial charge in [0, 0.05) is 5.38 Å². The Morgan fingerprint density at radius 3 is 2.70 bits per heavy atom. The normalized spacial score (nSPS) is 10.8. The fraction of sp³-hybridized carbons (Fsp3) is 0.400. The van der Waals surface area contributed by atoms with E-state index < -0.39 is 6.43 Å². The molecule has 0 bridgehead atoms. The van der Waals surface area contributed by atoms with Gasteiger partial charge in [-0.2, -0.15) is 0 Å². The van der Waals surface area contributed by atoms with Crippen molar-refractivity contribution in [3.05, 3.63) is 16.1 Å². The molecule has 0 aliphatic heterocycles. The van der Waals surface area contributed by atoms with Crippen molar-refractivity contribution in [1.29, 1.82) is 0 Å². The quantitative estimate of drug-likeness (QED) is 0.721. The maximum Gasteiger partial charge on any atom is 0.289 e. The molecular weight excluding hydrogens is 160 g/mol. The van der Waals surface area contributed by atoms with E-state index in [-0.39, 0.29) is 11.6 Å². The molecule has 2 nitrogen and oxygen atoms in total. The molecule has 0 aromatic carbocycles. The molecule has 10 heavy (non-hydrogen) atoms. The third-order valence-corrected chi connectivity index (χ3v) is 1.82. The van der Waals surface area contributed by atoms with Gasteiger partial charge in [-0.3, -0.25) is 0 Å². The predicted molar refractivity (Wildman–Crippen MR) is 33.0 cm³/mol. The van der Waals surface area contributed by atoms with Gasteiger partial charge in [0.05, 0.1) is 12.3 Å². The topological polar surface area (TPSA) is 33.1 Å². The number of rotatable bonds is 2. The lowest BCUT2D eigenvalue weighted by molar-refractivity contribution is 0.150. The van der Waals surface area contributed by atoms with E-state index in [0.29, 0.717) is 5.69 Å². The lowest BCUT2D eigenvalue weighted by atomic mass is 10.5. The van der Waals surface area contributed by atoms with Crippen LogP contribution in [0.2, 0.25) is 0 Å². The van der Waals surface area contributed by atoms with Gasteiger partial charge in [0.1, 0.15) is 0 Å². The van der Waals surface area contributed by atoms with Crippen LogP contribution in [0.25, 0.3) is 0 Å². The van der Waals surface area contributed by atoms with Crippen molar-refractivity contribution in [3.8, 4) is 0 Å². The monoisotopic (exact) mass is 165 g/mol. The summed E-state index contributed by atoms with van der Waals surface area (Å²) in [6.45, 7) is -0.275. The van der Waals surface area contributed by atoms with E-state index in [1.165, 1.54) is 5.38 Å². The van der Waals surface area contributed by atoms with Crippen LogP contribution in [0.15, 0.2) is 5.38 Å². The number of aliphatic hydroxyl groups excluding tert-OH is 1. The zero-order valence-corrected chi connectivity index (χ0v) is 5.74. The molecule has 1 rings (SSSR count). The summed E-state index contributed by atoms with van der Waals surface area (Å²) in [6, 6.07) is 0. The molecule has 1 aromatic heterocycles. The average molecular weight is 165 g/mol. The SMILES string of the molecule is OCc1csc(C(F)F)n1. The molecule has 0 amide bonds. The van der Waals surface area contributed by atoms with Gasteiger partial charge in [0.15, 0.2) is 5.01 Å². The Bertz CT molecular complexity index is 213. The fourth-order valence-electron chi connectivity index (χ4n) is 0.495. The fourth-order valence-corrected chi connectivity index (χ4v) is 1.15. The highest BCUT2D eigenvalue weighted by Gasteiger charge is 2.10. The van der Waals surface area contributed by atoms with E-state index in [1.54, 1.807) is 0 Å². The van der Waals surface area contributed by atoms with Crippen molar-refractivity contribution in [2.75, 3.05) is 0 Å². The van der Waals surface area contributed by atoms with Crippen molar-refractivity contribution in [1.82, 2.24) is 4.98 Å². The molecule has 1 N–H and O–H groups in total. The zero-order chi connectivity index (χ0) is 7.56. The lowest BCUT2D eigenvalue weighted by Gasteiger charge is -1.88. The Morgan fingerprint density at radius 2 is 2.40 bits per heavy atom. The van der Waals surface area contributed by atoms with Crippen molar-refractivity contribution in [2.45, 2.75) is 13.0 Å². The third-order valence-electron chi connectivity index (χ3n) is 0.918. The first-order chi connectivity index (χ1) is 4.74. The van der Waals surface area contributed by atoms with Gasteiger partial charge < -0.3 is 5.11 Å². The molecule has 0 atom stereocenters. The van der Waals surface area contributed by atoms with Gasteiger partial charge in [-0.05, 0) is 0 Å². The van der Waals surface area contributed by atoms with Crippen LogP contribution in [0.4, 0.5) is 8.78 Å². The number of aromatic nitrogens is 1. The Labute approximate surface area is 60.1 Å². The minimum atomic E-state index is -2.52. The van der Waals surface area contributed by atoms with Gasteiger partial charge >= 0.3 is 0 Å². The van der Waals surface area contributed by atoms with Crippen molar-refractivity contribution >= 4 is 11.3 Å². The second-order valence-electron chi connectivity index (χ2n) is 1.64. The highest BCUT2D eigenvalue weighted by molar-refractivity contribution is 7.09. The van der Waals surface area contributed by atoms with Crippen molar-refractivity contribution in [3.63, 3.8) is 0 Å². The molecule has 1 aromatic rings. The van der Waals surface area contributed by atoms with Crippen LogP contribution in [0.3, 0.4) is 0 Å². The Balaban J connectivity index is 2.78. The number of halogens is 2. The van der Waals surface area contributed by atoms with Gasteiger partial charge in [-0.15, -0.1) is 11.3 Å². The number of nitrogens with zero attached hydrogens (tertiary/aromatic N) is 1. The Kier molecular flexibility index (Phi) is 2.29.